The number of nitrogens with zero attached hydrogens (tertiary/aromatic N) is 4. The molecule has 0 bridgehead atoms. The van der Waals surface area contributed by atoms with E-state index in [1.54, 1.807) is 70.5 Å². The van der Waals surface area contributed by atoms with Crippen molar-refractivity contribution in [2.45, 2.75) is 163 Å². The fourth-order valence-electron chi connectivity index (χ4n) is 13.9. The van der Waals surface area contributed by atoms with Gasteiger partial charge in [-0.15, -0.1) is 0 Å². The second-order valence-corrected chi connectivity index (χ2v) is 30.6. The number of carboxylic acids is 8. The van der Waals surface area contributed by atoms with Crippen LogP contribution >= 0.6 is 0 Å². The molecule has 26 N–H and O–H groups in total. The molecule has 5 aromatic rings. The Morgan fingerprint density at radius 3 is 1.45 bits per heavy atom. The van der Waals surface area contributed by atoms with E-state index in [0.717, 1.165) is 29.0 Å². The Hall–Kier alpha value is -13.4. The Labute approximate surface area is 732 Å². The largest absolute Gasteiger partial charge is 0.508 e. The minimum absolute atomic E-state index is 0.0132. The maximum Gasteiger partial charge on any atom is 0.326 e. The molecule has 45 nitrogen and oxygen atoms in total. The van der Waals surface area contributed by atoms with Gasteiger partial charge in [-0.05, 0) is 128 Å². The molecule has 1 fully saturated rings. The number of benzene rings is 5. The van der Waals surface area contributed by atoms with Gasteiger partial charge in [0.05, 0.1) is 31.6 Å². The van der Waals surface area contributed by atoms with Crippen molar-refractivity contribution in [2.75, 3.05) is 90.8 Å². The molecule has 698 valence electrons. The van der Waals surface area contributed by atoms with Crippen LogP contribution in [0.1, 0.15) is 104 Å². The summed E-state index contributed by atoms with van der Waals surface area (Å²) in [6.07, 6.45) is -9.58. The van der Waals surface area contributed by atoms with Crippen LogP contribution < -0.4 is 58.9 Å². The molecule has 6 rings (SSSR count). The molecule has 128 heavy (non-hydrogen) atoms. The van der Waals surface area contributed by atoms with Crippen LogP contribution in [0.15, 0.2) is 109 Å². The normalized spacial score (nSPS) is 15.4. The zero-order chi connectivity index (χ0) is 94.3. The van der Waals surface area contributed by atoms with Crippen molar-refractivity contribution < 1.29 is 148 Å². The molecule has 1 saturated heterocycles. The summed E-state index contributed by atoms with van der Waals surface area (Å²) in [6.45, 7) is -1.58. The highest BCUT2D eigenvalue weighted by Crippen LogP contribution is 2.23. The van der Waals surface area contributed by atoms with Gasteiger partial charge in [0.25, 0.3) is 5.91 Å². The number of nitrogens with one attached hydrogen (secondary N) is 10. The number of carbonyl (C=O) groups is 16. The predicted octanol–water partition coefficient (Wildman–Crippen LogP) is -2.89. The zero-order valence-electron chi connectivity index (χ0n) is 69.7. The third-order valence-electron chi connectivity index (χ3n) is 20.6. The fourth-order valence-corrected chi connectivity index (χ4v) is 13.9. The molecule has 10 atom stereocenters. The fraction of sp³-hybridized carbons (Fsp3) is 0.470. The Morgan fingerprint density at radius 1 is 0.383 bits per heavy atom. The number of aliphatic carboxylic acids is 8. The summed E-state index contributed by atoms with van der Waals surface area (Å²) in [7, 11) is 0. The van der Waals surface area contributed by atoms with Gasteiger partial charge in [-0.25, -0.2) is 24.0 Å². The number of fused-ring (bicyclic) bond motifs is 1. The predicted molar refractivity (Wildman–Crippen MR) is 450 cm³/mol. The van der Waals surface area contributed by atoms with Gasteiger partial charge < -0.3 is 125 Å². The summed E-state index contributed by atoms with van der Waals surface area (Å²) in [6, 6.07) is 11.2. The van der Waals surface area contributed by atoms with Gasteiger partial charge in [0, 0.05) is 115 Å². The number of phenols is 3. The molecule has 0 saturated carbocycles. The molecule has 0 radical (unpaired) electrons. The highest BCUT2D eigenvalue weighted by molar-refractivity contribution is 6.00. The third-order valence-corrected chi connectivity index (χ3v) is 20.6. The van der Waals surface area contributed by atoms with Crippen LogP contribution in [-0.4, -0.2) is 338 Å². The topological polar surface area (TPSA) is 716 Å². The number of carbonyl (C=O) groups excluding carboxylic acids is 8. The van der Waals surface area contributed by atoms with Gasteiger partial charge in [-0.3, -0.25) is 77.7 Å². The van der Waals surface area contributed by atoms with Crippen LogP contribution in [0.5, 0.6) is 17.2 Å². The van der Waals surface area contributed by atoms with Crippen LogP contribution in [0.2, 0.25) is 0 Å². The first-order valence-corrected chi connectivity index (χ1v) is 40.9. The van der Waals surface area contributed by atoms with E-state index in [-0.39, 0.29) is 141 Å². The third kappa shape index (κ3) is 37.8. The van der Waals surface area contributed by atoms with Crippen LogP contribution in [0, 0.1) is 0 Å². The number of aliphatic hydroxyl groups excluding tert-OH is 2. The van der Waals surface area contributed by atoms with Crippen LogP contribution in [0.25, 0.3) is 10.8 Å². The van der Waals surface area contributed by atoms with Gasteiger partial charge in [-0.2, -0.15) is 0 Å². The van der Waals surface area contributed by atoms with Crippen molar-refractivity contribution in [1.29, 1.82) is 0 Å². The highest BCUT2D eigenvalue weighted by Gasteiger charge is 2.36. The quantitative estimate of drug-likeness (QED) is 0.0106. The molecule has 45 heteroatoms. The number of β-amino-alcohol motifs (C(OH)–C–C–N with tert-alkyl or cyclic N) is 2. The lowest BCUT2D eigenvalue weighted by atomic mass is 9.99. The number of nitrogen functional groups attached to an aromatic ring is 1. The number of aromatic hydroxyl groups is 3. The van der Waals surface area contributed by atoms with Gasteiger partial charge in [0.1, 0.15) is 65.8 Å². The zero-order valence-corrected chi connectivity index (χ0v) is 69.7. The van der Waals surface area contributed by atoms with Gasteiger partial charge >= 0.3 is 53.8 Å². The summed E-state index contributed by atoms with van der Waals surface area (Å²) < 4.78 is 0. The summed E-state index contributed by atoms with van der Waals surface area (Å²) in [5.74, 6) is -19.5. The minimum Gasteiger partial charge on any atom is -0.508 e. The van der Waals surface area contributed by atoms with Crippen molar-refractivity contribution in [3.63, 3.8) is 0 Å². The first kappa shape index (κ1) is 103. The number of hydrogen-bond donors (Lipinski definition) is 25. The molecule has 3 unspecified atom stereocenters. The summed E-state index contributed by atoms with van der Waals surface area (Å²) in [4.78, 5) is 214. The summed E-state index contributed by atoms with van der Waals surface area (Å²) in [5.41, 5.74) is 7.39. The van der Waals surface area contributed by atoms with E-state index < -0.39 is 225 Å². The van der Waals surface area contributed by atoms with E-state index >= 15 is 4.79 Å². The Bertz CT molecular complexity index is 4620. The van der Waals surface area contributed by atoms with E-state index in [1.807, 2.05) is 16.7 Å². The standard InChI is InChI=1S/C83H111N15O30/c84-53-16-11-47(12-17-53)37-61(88-67(103)24-22-65(82(126)127)98-34-32-96(45-71(109)110)30-28-95(44-70(107)108)29-31-97(33-35-98)46-72(111)112)75(115)91-62(38-48-13-18-54(99)19-14-48)77(117)92-63(39-49-10-15-50-6-1-2-7-51(50)36-49)76(116)89-58(79(120)121)8-3-4-26-86-74(114)64(90-73(113)52-40-55(100)42-56(101)41-52)43-68(104)85-27-5-9-57(78(118)119)87-66(102)23-20-59(80(122)123)93-83(128)94-60(81(124)125)21-25-69(105)106/h1-2,6-7,10-19,36,40-42,57-65,71,75,91,99-101,109-110,115H,3-5,8-9,20-35,37-39,43-46,84H2,(H,85,104)(H,86,114)(H,87,102)(H,88,103)(H,89,116)(H,90,113)(H,92,117)(H,105,106)(H,107,108)(H,111,112)(H,118,119)(H,120,121)(H,122,123)(H,124,125)(H,126,127)(H2,93,94,128)/t57?,58-,59+,60+,61+,62-,63-,64-,65?,75?/m1/s1. The lowest BCUT2D eigenvalue weighted by Gasteiger charge is -2.36. The summed E-state index contributed by atoms with van der Waals surface area (Å²) >= 11 is 0. The number of carboxylic acid groups (broad SMARTS) is 8. The van der Waals surface area contributed by atoms with Crippen molar-refractivity contribution in [2.24, 2.45) is 0 Å². The van der Waals surface area contributed by atoms with E-state index in [2.05, 4.69) is 42.5 Å². The van der Waals surface area contributed by atoms with E-state index in [0.29, 0.717) is 22.4 Å². The number of rotatable bonds is 52. The van der Waals surface area contributed by atoms with Crippen LogP contribution in [0.4, 0.5) is 10.5 Å². The maximum atomic E-state index is 15.2. The Kier molecular flexibility index (Phi) is 42.4. The second kappa shape index (κ2) is 52.5. The number of phenolic OH excluding ortho intramolecular Hbond substituents is 3. The maximum absolute atomic E-state index is 15.2. The monoisotopic (exact) mass is 1800 g/mol. The molecule has 9 amide bonds. The average molecular weight is 1800 g/mol. The number of hydrogen-bond acceptors (Lipinski definition) is 28. The number of urea groups is 1. The molecule has 1 aliphatic rings. The number of anilines is 1. The van der Waals surface area contributed by atoms with Crippen LogP contribution in [0.3, 0.4) is 0 Å². The number of unbranched alkanes of at least 4 members (excludes halogenated alkanes) is 1. The smallest absolute Gasteiger partial charge is 0.326 e. The van der Waals surface area contributed by atoms with E-state index in [9.17, 15) is 138 Å². The molecule has 0 aliphatic carbocycles. The molecule has 0 spiro atoms. The number of amides is 9. The van der Waals surface area contributed by atoms with Crippen molar-refractivity contribution in [1.82, 2.24) is 72.8 Å². The Balaban J connectivity index is 1.15. The lowest BCUT2D eigenvalue weighted by molar-refractivity contribution is -0.145. The van der Waals surface area contributed by atoms with Crippen molar-refractivity contribution >= 4 is 112 Å². The Morgan fingerprint density at radius 2 is 0.867 bits per heavy atom. The highest BCUT2D eigenvalue weighted by atomic mass is 16.5. The minimum atomic E-state index is -1.88. The molecule has 0 aromatic heterocycles. The van der Waals surface area contributed by atoms with Gasteiger partial charge in [-0.1, -0.05) is 66.7 Å². The van der Waals surface area contributed by atoms with E-state index in [4.69, 9.17) is 10.8 Å². The van der Waals surface area contributed by atoms with Crippen LogP contribution in [-0.2, 0) is 86.4 Å². The summed E-state index contributed by atoms with van der Waals surface area (Å²) in [5, 5.41) is 167. The number of aliphatic hydroxyl groups is 3. The van der Waals surface area contributed by atoms with Crippen molar-refractivity contribution in [3.05, 3.63) is 131 Å². The SMILES string of the molecule is Nc1ccc(C[C@H](NC(=O)CCC(C(=O)O)N2CCN(CC(=O)O)CCN(CC(=O)O)CCN(CC(O)O)CC2)C(O)N[C@H](Cc2ccc(O)cc2)C(=O)N[C@H](Cc2ccc3ccccc3c2)C(=O)N[C@H](CCCCNC(=O)[C@@H](CC(=O)NCCCC(NC(=O)CC[C@H](NC(=O)N[C@@H](CCC(=O)O)C(=O)O)C(=O)O)C(=O)O)NC(=O)c2cc(O)cc(O)c2)C(=O)O)cc1. The van der Waals surface area contributed by atoms with E-state index in [1.165, 1.54) is 34.1 Å². The molecular weight excluding hydrogens is 1690 g/mol. The van der Waals surface area contributed by atoms with Crippen molar-refractivity contribution in [3.8, 4) is 17.2 Å². The first-order valence-electron chi connectivity index (χ1n) is 40.9. The molecule has 5 aromatic carbocycles. The van der Waals surface area contributed by atoms with Gasteiger partial charge in [0.15, 0.2) is 6.29 Å². The lowest BCUT2D eigenvalue weighted by Crippen LogP contribution is -2.60. The number of nitrogens with two attached hydrogens (primary N) is 1. The average Bonchev–Trinajstić information content (AvgIpc) is 0.821. The molecule has 1 aliphatic heterocycles. The second-order valence-electron chi connectivity index (χ2n) is 30.6. The first-order chi connectivity index (χ1) is 60.7. The molecule has 1 heterocycles. The molecular formula is C83H111N15O30. The van der Waals surface area contributed by atoms with Gasteiger partial charge in [0.2, 0.25) is 35.4 Å².